The van der Waals surface area contributed by atoms with E-state index in [9.17, 15) is 4.79 Å². The van der Waals surface area contributed by atoms with Crippen molar-refractivity contribution in [3.05, 3.63) is 84.4 Å². The molecule has 0 aliphatic carbocycles. The summed E-state index contributed by atoms with van der Waals surface area (Å²) in [5, 5.41) is 0. The van der Waals surface area contributed by atoms with Gasteiger partial charge < -0.3 is 9.47 Å². The largest absolute Gasteiger partial charge is 0.497 e. The Kier molecular flexibility index (Phi) is 8.71. The SMILES string of the molecule is COc1ccc(-c2ccc(OC(=O)c3cc[c-]cc3)cc2)cc1.[V].[W]. The van der Waals surface area contributed by atoms with Gasteiger partial charge in [-0.25, -0.2) is 4.79 Å². The van der Waals surface area contributed by atoms with Crippen LogP contribution >= 0.6 is 0 Å². The average molecular weight is 538 g/mol. The van der Waals surface area contributed by atoms with Crippen molar-refractivity contribution in [3.8, 4) is 22.6 Å². The third kappa shape index (κ3) is 5.61. The van der Waals surface area contributed by atoms with Crippen molar-refractivity contribution in [3.63, 3.8) is 0 Å². The molecule has 0 aliphatic rings. The Balaban J connectivity index is 0.00000156. The molecule has 0 saturated carbocycles. The van der Waals surface area contributed by atoms with Gasteiger partial charge in [0.25, 0.3) is 0 Å². The quantitative estimate of drug-likeness (QED) is 0.281. The number of hydrogen-bond acceptors (Lipinski definition) is 3. The first kappa shape index (κ1) is 21.2. The van der Waals surface area contributed by atoms with E-state index in [1.165, 1.54) is 0 Å². The molecular formula is C20H15O3VW-. The van der Waals surface area contributed by atoms with Crippen LogP contribution in [0.3, 0.4) is 0 Å². The van der Waals surface area contributed by atoms with Crippen LogP contribution in [0.15, 0.2) is 72.8 Å². The van der Waals surface area contributed by atoms with Crippen LogP contribution in [0.1, 0.15) is 10.4 Å². The second-order valence-corrected chi connectivity index (χ2v) is 4.93. The van der Waals surface area contributed by atoms with Gasteiger partial charge >= 0.3 is 5.97 Å². The number of carbonyl (C=O) groups is 1. The minimum Gasteiger partial charge on any atom is -0.497 e. The number of carbonyl (C=O) groups excluding carboxylic acids is 1. The minimum absolute atomic E-state index is 0. The average Bonchev–Trinajstić information content (AvgIpc) is 2.63. The fraction of sp³-hybridized carbons (Fsp3) is 0.0500. The Morgan fingerprint density at radius 2 is 1.28 bits per heavy atom. The maximum absolute atomic E-state index is 12.0. The van der Waals surface area contributed by atoms with Crippen molar-refractivity contribution in [2.75, 3.05) is 7.11 Å². The molecule has 0 atom stereocenters. The van der Waals surface area contributed by atoms with Gasteiger partial charge in [-0.3, -0.25) is 0 Å². The molecule has 0 aromatic heterocycles. The summed E-state index contributed by atoms with van der Waals surface area (Å²) in [5.41, 5.74) is 2.62. The van der Waals surface area contributed by atoms with E-state index in [1.807, 2.05) is 36.4 Å². The van der Waals surface area contributed by atoms with Crippen LogP contribution in [0.25, 0.3) is 11.1 Å². The predicted molar refractivity (Wildman–Crippen MR) is 88.7 cm³/mol. The van der Waals surface area contributed by atoms with E-state index in [-0.39, 0.29) is 45.6 Å². The van der Waals surface area contributed by atoms with Gasteiger partial charge in [-0.1, -0.05) is 24.3 Å². The Morgan fingerprint density at radius 1 is 0.800 bits per heavy atom. The van der Waals surface area contributed by atoms with E-state index in [0.29, 0.717) is 11.3 Å². The summed E-state index contributed by atoms with van der Waals surface area (Å²) in [6.07, 6.45) is 0. The predicted octanol–water partition coefficient (Wildman–Crippen LogP) is 4.38. The van der Waals surface area contributed by atoms with Gasteiger partial charge in [-0.15, -0.1) is 0 Å². The Morgan fingerprint density at radius 3 is 1.76 bits per heavy atom. The second-order valence-electron chi connectivity index (χ2n) is 4.93. The van der Waals surface area contributed by atoms with Gasteiger partial charge in [0.2, 0.25) is 0 Å². The van der Waals surface area contributed by atoms with E-state index >= 15 is 0 Å². The van der Waals surface area contributed by atoms with Crippen LogP contribution in [-0.4, -0.2) is 13.1 Å². The molecule has 1 radical (unpaired) electrons. The number of benzene rings is 3. The van der Waals surface area contributed by atoms with E-state index in [1.54, 1.807) is 43.5 Å². The van der Waals surface area contributed by atoms with Crippen molar-refractivity contribution in [1.82, 2.24) is 0 Å². The first-order valence-corrected chi connectivity index (χ1v) is 7.19. The molecule has 3 nitrogen and oxygen atoms in total. The summed E-state index contributed by atoms with van der Waals surface area (Å²) in [6.45, 7) is 0. The summed E-state index contributed by atoms with van der Waals surface area (Å²) in [5.74, 6) is 0.954. The normalized spacial score (nSPS) is 9.32. The Bertz CT molecular complexity index is 787. The molecule has 3 rings (SSSR count). The van der Waals surface area contributed by atoms with Crippen LogP contribution < -0.4 is 9.47 Å². The zero-order valence-electron chi connectivity index (χ0n) is 13.5. The van der Waals surface area contributed by atoms with Crippen molar-refractivity contribution in [2.24, 2.45) is 0 Å². The van der Waals surface area contributed by atoms with Gasteiger partial charge in [-0.2, -0.15) is 30.3 Å². The van der Waals surface area contributed by atoms with E-state index in [4.69, 9.17) is 9.47 Å². The molecule has 0 fully saturated rings. The number of ether oxygens (including phenoxy) is 2. The first-order valence-electron chi connectivity index (χ1n) is 7.19. The van der Waals surface area contributed by atoms with Crippen molar-refractivity contribution in [2.45, 2.75) is 0 Å². The minimum atomic E-state index is -0.379. The molecule has 0 saturated heterocycles. The van der Waals surface area contributed by atoms with Crippen LogP contribution in [0.2, 0.25) is 0 Å². The standard InChI is InChI=1S/C20H15O3.V.W/c1-22-18-11-7-15(8-12-18)16-9-13-19(14-10-16)23-20(21)17-5-3-2-4-6-17;;/h3-14H,1H3;;/q-1;;. The fourth-order valence-electron chi connectivity index (χ4n) is 2.19. The van der Waals surface area contributed by atoms with Gasteiger partial charge in [0.1, 0.15) is 11.5 Å². The third-order valence-electron chi connectivity index (χ3n) is 3.44. The van der Waals surface area contributed by atoms with E-state index in [2.05, 4.69) is 6.07 Å². The maximum Gasteiger partial charge on any atom is 0.318 e. The molecule has 0 N–H and O–H groups in total. The zero-order chi connectivity index (χ0) is 16.1. The number of esters is 1. The summed E-state index contributed by atoms with van der Waals surface area (Å²) >= 11 is 0. The van der Waals surface area contributed by atoms with Gasteiger partial charge in [0.05, 0.1) is 7.11 Å². The second kappa shape index (κ2) is 10.3. The van der Waals surface area contributed by atoms with Crippen LogP contribution in [0.5, 0.6) is 11.5 Å². The van der Waals surface area contributed by atoms with Crippen LogP contribution in [-0.2, 0) is 39.6 Å². The molecule has 25 heavy (non-hydrogen) atoms. The topological polar surface area (TPSA) is 35.5 Å². The molecule has 0 aliphatic heterocycles. The molecule has 3 aromatic carbocycles. The third-order valence-corrected chi connectivity index (χ3v) is 3.44. The molecule has 0 bridgehead atoms. The molecule has 0 heterocycles. The zero-order valence-corrected chi connectivity index (χ0v) is 17.8. The Labute approximate surface area is 173 Å². The molecule has 0 amide bonds. The van der Waals surface area contributed by atoms with Crippen LogP contribution in [0, 0.1) is 6.07 Å². The van der Waals surface area contributed by atoms with Gasteiger partial charge in [0, 0.05) is 39.6 Å². The molecule has 3 aromatic rings. The fourth-order valence-corrected chi connectivity index (χ4v) is 2.19. The maximum atomic E-state index is 12.0. The van der Waals surface area contributed by atoms with Crippen molar-refractivity contribution >= 4 is 5.97 Å². The molecule has 125 valence electrons. The summed E-state index contributed by atoms with van der Waals surface area (Å²) < 4.78 is 10.5. The van der Waals surface area contributed by atoms with Gasteiger partial charge in [0.15, 0.2) is 0 Å². The summed E-state index contributed by atoms with van der Waals surface area (Å²) in [4.78, 5) is 12.0. The van der Waals surface area contributed by atoms with Crippen molar-refractivity contribution in [1.29, 1.82) is 0 Å². The van der Waals surface area contributed by atoms with E-state index < -0.39 is 0 Å². The number of methoxy groups -OCH3 is 1. The van der Waals surface area contributed by atoms with Crippen LogP contribution in [0.4, 0.5) is 0 Å². The van der Waals surface area contributed by atoms with E-state index in [0.717, 1.165) is 16.9 Å². The molecule has 5 heteroatoms. The molecule has 0 spiro atoms. The monoisotopic (exact) mass is 538 g/mol. The molecular weight excluding hydrogens is 523 g/mol. The smallest absolute Gasteiger partial charge is 0.318 e. The first-order chi connectivity index (χ1) is 11.3. The Hall–Kier alpha value is -1.80. The summed E-state index contributed by atoms with van der Waals surface area (Å²) in [7, 11) is 1.64. The number of hydrogen-bond donors (Lipinski definition) is 0. The van der Waals surface area contributed by atoms with Gasteiger partial charge in [-0.05, 0) is 41.0 Å². The van der Waals surface area contributed by atoms with Crippen molar-refractivity contribution < 1.29 is 53.9 Å². The number of rotatable bonds is 4. The summed E-state index contributed by atoms with van der Waals surface area (Å²) in [6, 6.07) is 24.8. The molecule has 0 unspecified atom stereocenters.